The smallest absolute Gasteiger partial charge is 0.238 e. The second-order valence-corrected chi connectivity index (χ2v) is 5.56. The Morgan fingerprint density at radius 1 is 1.53 bits per heavy atom. The Morgan fingerprint density at radius 2 is 2.26 bits per heavy atom. The number of nitrogens with zero attached hydrogens (tertiary/aromatic N) is 1. The van der Waals surface area contributed by atoms with Crippen LogP contribution in [0.15, 0.2) is 12.1 Å². The van der Waals surface area contributed by atoms with E-state index in [-0.39, 0.29) is 18.6 Å². The van der Waals surface area contributed by atoms with Gasteiger partial charge >= 0.3 is 0 Å². The van der Waals surface area contributed by atoms with Crippen molar-refractivity contribution in [3.05, 3.63) is 27.7 Å². The highest BCUT2D eigenvalue weighted by Gasteiger charge is 2.22. The van der Waals surface area contributed by atoms with Gasteiger partial charge in [-0.1, -0.05) is 29.3 Å². The zero-order valence-corrected chi connectivity index (χ0v) is 12.1. The minimum absolute atomic E-state index is 0.177. The second-order valence-electron chi connectivity index (χ2n) is 4.78. The van der Waals surface area contributed by atoms with Crippen LogP contribution in [0.2, 0.25) is 10.0 Å². The van der Waals surface area contributed by atoms with E-state index in [1.807, 2.05) is 11.8 Å². The maximum atomic E-state index is 11.9. The number of carbonyl (C=O) groups is 1. The number of benzene rings is 1. The van der Waals surface area contributed by atoms with Crippen LogP contribution in [0.5, 0.6) is 0 Å². The average Bonchev–Trinajstić information content (AvgIpc) is 2.75. The summed E-state index contributed by atoms with van der Waals surface area (Å²) >= 11 is 12.2. The number of hydrogen-bond acceptors (Lipinski definition) is 3. The molecule has 1 aliphatic rings. The van der Waals surface area contributed by atoms with Crippen LogP contribution in [0.1, 0.15) is 12.0 Å². The minimum atomic E-state index is -0.334. The van der Waals surface area contributed by atoms with E-state index < -0.39 is 0 Å². The third-order valence-corrected chi connectivity index (χ3v) is 3.97. The normalized spacial score (nSPS) is 19.7. The molecule has 0 spiro atoms. The van der Waals surface area contributed by atoms with Gasteiger partial charge < -0.3 is 10.4 Å². The molecule has 1 aromatic carbocycles. The summed E-state index contributed by atoms with van der Waals surface area (Å²) in [4.78, 5) is 13.8. The van der Waals surface area contributed by atoms with Gasteiger partial charge in [-0.25, -0.2) is 0 Å². The number of rotatable bonds is 3. The topological polar surface area (TPSA) is 52.6 Å². The maximum Gasteiger partial charge on any atom is 0.238 e. The van der Waals surface area contributed by atoms with E-state index in [9.17, 15) is 9.90 Å². The number of likely N-dealkylation sites (tertiary alicyclic amines) is 1. The number of aliphatic hydroxyl groups excluding tert-OH is 1. The Bertz CT molecular complexity index is 494. The molecule has 6 heteroatoms. The number of amides is 1. The van der Waals surface area contributed by atoms with Crippen LogP contribution in [0.4, 0.5) is 5.69 Å². The van der Waals surface area contributed by atoms with Crippen LogP contribution in [0.25, 0.3) is 0 Å². The molecule has 2 rings (SSSR count). The molecule has 2 N–H and O–H groups in total. The molecule has 1 fully saturated rings. The first-order valence-corrected chi connectivity index (χ1v) is 6.88. The lowest BCUT2D eigenvalue weighted by Crippen LogP contribution is -2.32. The quantitative estimate of drug-likeness (QED) is 0.901. The Kier molecular flexibility index (Phi) is 4.68. The van der Waals surface area contributed by atoms with Crippen LogP contribution in [0.3, 0.4) is 0 Å². The summed E-state index contributed by atoms with van der Waals surface area (Å²) in [6, 6.07) is 3.51. The van der Waals surface area contributed by atoms with Crippen molar-refractivity contribution in [1.29, 1.82) is 0 Å². The first kappa shape index (κ1) is 14.6. The number of aryl methyl sites for hydroxylation is 1. The molecule has 0 radical (unpaired) electrons. The number of hydrogen-bond donors (Lipinski definition) is 2. The Balaban J connectivity index is 2.01. The highest BCUT2D eigenvalue weighted by atomic mass is 35.5. The lowest BCUT2D eigenvalue weighted by atomic mass is 10.2. The zero-order valence-electron chi connectivity index (χ0n) is 10.6. The van der Waals surface area contributed by atoms with Crippen LogP contribution in [0, 0.1) is 6.92 Å². The van der Waals surface area contributed by atoms with Crippen LogP contribution in [-0.2, 0) is 4.79 Å². The molecule has 4 nitrogen and oxygen atoms in total. The van der Waals surface area contributed by atoms with Gasteiger partial charge in [-0.3, -0.25) is 9.69 Å². The number of nitrogens with one attached hydrogen (secondary N) is 1. The van der Waals surface area contributed by atoms with Crippen LogP contribution in [-0.4, -0.2) is 41.7 Å². The van der Waals surface area contributed by atoms with Crippen molar-refractivity contribution in [2.24, 2.45) is 0 Å². The molecule has 0 aliphatic carbocycles. The van der Waals surface area contributed by atoms with Crippen molar-refractivity contribution in [3.8, 4) is 0 Å². The number of anilines is 1. The third kappa shape index (κ3) is 3.60. The van der Waals surface area contributed by atoms with E-state index in [0.29, 0.717) is 28.7 Å². The summed E-state index contributed by atoms with van der Waals surface area (Å²) in [6.07, 6.45) is 0.373. The molecule has 1 saturated heterocycles. The molecule has 1 aromatic rings. The van der Waals surface area contributed by atoms with Crippen LogP contribution < -0.4 is 5.32 Å². The molecular formula is C13H16Cl2N2O2. The predicted octanol–water partition coefficient (Wildman–Crippen LogP) is 2.31. The SMILES string of the molecule is Cc1ccc(Cl)c(NC(=O)CN2CCC(O)C2)c1Cl. The summed E-state index contributed by atoms with van der Waals surface area (Å²) in [5, 5.41) is 13.0. The molecule has 0 saturated carbocycles. The molecule has 1 amide bonds. The molecule has 1 heterocycles. The van der Waals surface area contributed by atoms with E-state index in [1.54, 1.807) is 12.1 Å². The van der Waals surface area contributed by atoms with E-state index in [0.717, 1.165) is 12.1 Å². The van der Waals surface area contributed by atoms with E-state index in [2.05, 4.69) is 5.32 Å². The number of halogens is 2. The number of β-amino-alcohol motifs (C(OH)–C–C–N with tert-alkyl or cyclic N) is 1. The van der Waals surface area contributed by atoms with Crippen molar-refractivity contribution in [1.82, 2.24) is 4.90 Å². The number of carbonyl (C=O) groups excluding carboxylic acids is 1. The Hall–Kier alpha value is -0.810. The van der Waals surface area contributed by atoms with Crippen molar-refractivity contribution in [2.75, 3.05) is 25.0 Å². The van der Waals surface area contributed by atoms with Crippen molar-refractivity contribution < 1.29 is 9.90 Å². The number of aliphatic hydroxyl groups is 1. The summed E-state index contributed by atoms with van der Waals surface area (Å²) in [6.45, 7) is 3.34. The van der Waals surface area contributed by atoms with Crippen molar-refractivity contribution in [2.45, 2.75) is 19.4 Å². The highest BCUT2D eigenvalue weighted by Crippen LogP contribution is 2.32. The molecule has 104 valence electrons. The summed E-state index contributed by atoms with van der Waals surface area (Å²) in [7, 11) is 0. The van der Waals surface area contributed by atoms with Crippen molar-refractivity contribution >= 4 is 34.8 Å². The zero-order chi connectivity index (χ0) is 14.0. The third-order valence-electron chi connectivity index (χ3n) is 3.16. The molecule has 1 unspecified atom stereocenters. The fourth-order valence-electron chi connectivity index (χ4n) is 2.11. The molecule has 1 aliphatic heterocycles. The minimum Gasteiger partial charge on any atom is -0.392 e. The summed E-state index contributed by atoms with van der Waals surface area (Å²) in [5.41, 5.74) is 1.31. The molecule has 1 atom stereocenters. The van der Waals surface area contributed by atoms with E-state index in [4.69, 9.17) is 23.2 Å². The Labute approximate surface area is 122 Å². The van der Waals surface area contributed by atoms with E-state index in [1.165, 1.54) is 0 Å². The first-order valence-electron chi connectivity index (χ1n) is 6.12. The molecule has 0 bridgehead atoms. The van der Waals surface area contributed by atoms with Gasteiger partial charge in [-0.05, 0) is 25.0 Å². The average molecular weight is 303 g/mol. The summed E-state index contributed by atoms with van der Waals surface area (Å²) in [5.74, 6) is -0.177. The summed E-state index contributed by atoms with van der Waals surface area (Å²) < 4.78 is 0. The van der Waals surface area contributed by atoms with Crippen molar-refractivity contribution in [3.63, 3.8) is 0 Å². The van der Waals surface area contributed by atoms with E-state index >= 15 is 0 Å². The van der Waals surface area contributed by atoms with Gasteiger partial charge in [0.05, 0.1) is 28.4 Å². The van der Waals surface area contributed by atoms with Gasteiger partial charge in [0.2, 0.25) is 5.91 Å². The largest absolute Gasteiger partial charge is 0.392 e. The fraction of sp³-hybridized carbons (Fsp3) is 0.462. The first-order chi connectivity index (χ1) is 8.97. The van der Waals surface area contributed by atoms with Gasteiger partial charge in [-0.15, -0.1) is 0 Å². The lowest BCUT2D eigenvalue weighted by molar-refractivity contribution is -0.117. The second kappa shape index (κ2) is 6.09. The molecule has 19 heavy (non-hydrogen) atoms. The van der Waals surface area contributed by atoms with Crippen LogP contribution >= 0.6 is 23.2 Å². The maximum absolute atomic E-state index is 11.9. The van der Waals surface area contributed by atoms with Gasteiger partial charge in [0, 0.05) is 13.1 Å². The fourth-order valence-corrected chi connectivity index (χ4v) is 2.57. The lowest BCUT2D eigenvalue weighted by Gasteiger charge is -2.16. The van der Waals surface area contributed by atoms with Gasteiger partial charge in [0.15, 0.2) is 0 Å². The highest BCUT2D eigenvalue weighted by molar-refractivity contribution is 6.40. The predicted molar refractivity (Wildman–Crippen MR) is 76.9 cm³/mol. The Morgan fingerprint density at radius 3 is 2.89 bits per heavy atom. The molecular weight excluding hydrogens is 287 g/mol. The van der Waals surface area contributed by atoms with Gasteiger partial charge in [0.1, 0.15) is 0 Å². The van der Waals surface area contributed by atoms with Gasteiger partial charge in [-0.2, -0.15) is 0 Å². The standard InChI is InChI=1S/C13H16Cl2N2O2/c1-8-2-3-10(14)13(12(8)15)16-11(19)7-17-5-4-9(18)6-17/h2-3,9,18H,4-7H2,1H3,(H,16,19). The van der Waals surface area contributed by atoms with Gasteiger partial charge in [0.25, 0.3) is 0 Å². The monoisotopic (exact) mass is 302 g/mol. The molecule has 0 aromatic heterocycles.